The van der Waals surface area contributed by atoms with Crippen LogP contribution in [0.4, 0.5) is 0 Å². The number of pyridine rings is 1. The SMILES string of the molecule is Cc1ccccc1CCNC(=O)c1cc(-c2ccncc2)n[nH]c1=O. The van der Waals surface area contributed by atoms with Crippen molar-refractivity contribution in [2.45, 2.75) is 13.3 Å². The van der Waals surface area contributed by atoms with Gasteiger partial charge in [-0.3, -0.25) is 14.6 Å². The van der Waals surface area contributed by atoms with E-state index in [1.54, 1.807) is 24.5 Å². The third-order valence-corrected chi connectivity index (χ3v) is 3.97. The van der Waals surface area contributed by atoms with Crippen molar-refractivity contribution in [1.82, 2.24) is 20.5 Å². The average molecular weight is 334 g/mol. The molecule has 0 fully saturated rings. The smallest absolute Gasteiger partial charge is 0.277 e. The third-order valence-electron chi connectivity index (χ3n) is 3.97. The van der Waals surface area contributed by atoms with Crippen LogP contribution < -0.4 is 10.9 Å². The van der Waals surface area contributed by atoms with Crippen LogP contribution in [-0.2, 0) is 6.42 Å². The minimum absolute atomic E-state index is 0.0478. The van der Waals surface area contributed by atoms with Crippen molar-refractivity contribution in [2.75, 3.05) is 6.54 Å². The summed E-state index contributed by atoms with van der Waals surface area (Å²) >= 11 is 0. The fourth-order valence-corrected chi connectivity index (χ4v) is 2.54. The van der Waals surface area contributed by atoms with Crippen molar-refractivity contribution in [2.24, 2.45) is 0 Å². The van der Waals surface area contributed by atoms with E-state index in [2.05, 4.69) is 20.5 Å². The Morgan fingerprint density at radius 1 is 1.16 bits per heavy atom. The van der Waals surface area contributed by atoms with E-state index in [1.165, 1.54) is 17.2 Å². The van der Waals surface area contributed by atoms with Gasteiger partial charge in [0.25, 0.3) is 11.5 Å². The van der Waals surface area contributed by atoms with Gasteiger partial charge in [0.15, 0.2) is 0 Å². The van der Waals surface area contributed by atoms with E-state index >= 15 is 0 Å². The maximum Gasteiger partial charge on any atom is 0.277 e. The lowest BCUT2D eigenvalue weighted by atomic mass is 10.1. The Morgan fingerprint density at radius 3 is 2.68 bits per heavy atom. The zero-order chi connectivity index (χ0) is 17.6. The van der Waals surface area contributed by atoms with E-state index in [4.69, 9.17) is 0 Å². The Kier molecular flexibility index (Phi) is 4.99. The Hall–Kier alpha value is -3.28. The number of nitrogens with one attached hydrogen (secondary N) is 2. The number of aromatic amines is 1. The fraction of sp³-hybridized carbons (Fsp3) is 0.158. The van der Waals surface area contributed by atoms with Crippen molar-refractivity contribution in [3.05, 3.63) is 81.9 Å². The van der Waals surface area contributed by atoms with Crippen LogP contribution in [0.3, 0.4) is 0 Å². The van der Waals surface area contributed by atoms with E-state index in [0.29, 0.717) is 18.7 Å². The first-order valence-corrected chi connectivity index (χ1v) is 7.98. The van der Waals surface area contributed by atoms with E-state index in [9.17, 15) is 9.59 Å². The molecular weight excluding hydrogens is 316 g/mol. The van der Waals surface area contributed by atoms with E-state index in [-0.39, 0.29) is 5.56 Å². The zero-order valence-electron chi connectivity index (χ0n) is 13.8. The molecule has 6 heteroatoms. The number of hydrogen-bond acceptors (Lipinski definition) is 4. The number of aryl methyl sites for hydroxylation is 1. The number of carbonyl (C=O) groups excluding carboxylic acids is 1. The molecule has 0 saturated heterocycles. The largest absolute Gasteiger partial charge is 0.352 e. The first-order chi connectivity index (χ1) is 12.1. The summed E-state index contributed by atoms with van der Waals surface area (Å²) in [5, 5.41) is 9.16. The second kappa shape index (κ2) is 7.53. The maximum atomic E-state index is 12.4. The van der Waals surface area contributed by atoms with Gasteiger partial charge in [0.05, 0.1) is 5.69 Å². The highest BCUT2D eigenvalue weighted by molar-refractivity contribution is 5.94. The summed E-state index contributed by atoms with van der Waals surface area (Å²) < 4.78 is 0. The van der Waals surface area contributed by atoms with Crippen LogP contribution in [0.15, 0.2) is 59.7 Å². The predicted octanol–water partition coefficient (Wildman–Crippen LogP) is 2.11. The van der Waals surface area contributed by atoms with Gasteiger partial charge in [-0.1, -0.05) is 24.3 Å². The molecule has 2 aromatic heterocycles. The first kappa shape index (κ1) is 16.6. The topological polar surface area (TPSA) is 87.7 Å². The summed E-state index contributed by atoms with van der Waals surface area (Å²) in [5.41, 5.74) is 3.19. The molecule has 0 bridgehead atoms. The lowest BCUT2D eigenvalue weighted by Gasteiger charge is -2.08. The van der Waals surface area contributed by atoms with Crippen molar-refractivity contribution < 1.29 is 4.79 Å². The normalized spacial score (nSPS) is 10.4. The molecule has 0 unspecified atom stereocenters. The van der Waals surface area contributed by atoms with Gasteiger partial charge in [0.2, 0.25) is 0 Å². The molecule has 0 saturated carbocycles. The van der Waals surface area contributed by atoms with Gasteiger partial charge in [-0.05, 0) is 42.7 Å². The Balaban J connectivity index is 1.72. The second-order valence-electron chi connectivity index (χ2n) is 5.66. The van der Waals surface area contributed by atoms with E-state index in [1.807, 2.05) is 31.2 Å². The lowest BCUT2D eigenvalue weighted by Crippen LogP contribution is -2.31. The molecule has 126 valence electrons. The van der Waals surface area contributed by atoms with E-state index < -0.39 is 11.5 Å². The molecule has 0 aliphatic heterocycles. The molecule has 2 N–H and O–H groups in total. The molecule has 3 rings (SSSR count). The summed E-state index contributed by atoms with van der Waals surface area (Å²) in [7, 11) is 0. The summed E-state index contributed by atoms with van der Waals surface area (Å²) in [6.45, 7) is 2.49. The predicted molar refractivity (Wildman–Crippen MR) is 95.3 cm³/mol. The van der Waals surface area contributed by atoms with Gasteiger partial charge in [-0.15, -0.1) is 0 Å². The molecule has 0 atom stereocenters. The molecule has 25 heavy (non-hydrogen) atoms. The number of aromatic nitrogens is 3. The Morgan fingerprint density at radius 2 is 1.92 bits per heavy atom. The molecule has 1 amide bonds. The monoisotopic (exact) mass is 334 g/mol. The molecule has 1 aromatic carbocycles. The van der Waals surface area contributed by atoms with Crippen LogP contribution in [0.25, 0.3) is 11.3 Å². The highest BCUT2D eigenvalue weighted by atomic mass is 16.2. The van der Waals surface area contributed by atoms with E-state index in [0.717, 1.165) is 5.56 Å². The van der Waals surface area contributed by atoms with Crippen LogP contribution in [0.2, 0.25) is 0 Å². The van der Waals surface area contributed by atoms with Crippen LogP contribution in [0, 0.1) is 6.92 Å². The number of carbonyl (C=O) groups is 1. The fourth-order valence-electron chi connectivity index (χ4n) is 2.54. The Labute approximate surface area is 145 Å². The van der Waals surface area contributed by atoms with Gasteiger partial charge in [0, 0.05) is 24.5 Å². The molecule has 0 spiro atoms. The summed E-state index contributed by atoms with van der Waals surface area (Å²) in [5.74, 6) is -0.410. The minimum atomic E-state index is -0.508. The summed E-state index contributed by atoms with van der Waals surface area (Å²) in [6, 6.07) is 13.0. The van der Waals surface area contributed by atoms with Gasteiger partial charge in [-0.25, -0.2) is 5.10 Å². The van der Waals surface area contributed by atoms with Crippen LogP contribution in [-0.4, -0.2) is 27.6 Å². The maximum absolute atomic E-state index is 12.4. The number of rotatable bonds is 5. The number of H-pyrrole nitrogens is 1. The molecule has 6 nitrogen and oxygen atoms in total. The van der Waals surface area contributed by atoms with Gasteiger partial charge in [-0.2, -0.15) is 5.10 Å². The molecular formula is C19H18N4O2. The molecule has 0 radical (unpaired) electrons. The minimum Gasteiger partial charge on any atom is -0.352 e. The van der Waals surface area contributed by atoms with Gasteiger partial charge in [0.1, 0.15) is 5.56 Å². The second-order valence-corrected chi connectivity index (χ2v) is 5.66. The van der Waals surface area contributed by atoms with Crippen molar-refractivity contribution in [3.63, 3.8) is 0 Å². The number of hydrogen-bond donors (Lipinski definition) is 2. The zero-order valence-corrected chi connectivity index (χ0v) is 13.8. The summed E-state index contributed by atoms with van der Waals surface area (Å²) in [6.07, 6.45) is 3.97. The number of amides is 1. The van der Waals surface area contributed by atoms with Crippen molar-refractivity contribution in [3.8, 4) is 11.3 Å². The summed E-state index contributed by atoms with van der Waals surface area (Å²) in [4.78, 5) is 28.2. The lowest BCUT2D eigenvalue weighted by molar-refractivity contribution is 0.0952. The highest BCUT2D eigenvalue weighted by Crippen LogP contribution is 2.14. The average Bonchev–Trinajstić information content (AvgIpc) is 2.64. The molecule has 0 aliphatic rings. The van der Waals surface area contributed by atoms with Gasteiger partial charge >= 0.3 is 0 Å². The quantitative estimate of drug-likeness (QED) is 0.748. The van der Waals surface area contributed by atoms with Crippen LogP contribution >= 0.6 is 0 Å². The molecule has 0 aliphatic carbocycles. The third kappa shape index (κ3) is 3.98. The van der Waals surface area contributed by atoms with Gasteiger partial charge < -0.3 is 5.32 Å². The Bertz CT molecular complexity index is 935. The van der Waals surface area contributed by atoms with Crippen molar-refractivity contribution in [1.29, 1.82) is 0 Å². The van der Waals surface area contributed by atoms with Crippen LogP contribution in [0.1, 0.15) is 21.5 Å². The molecule has 3 aromatic rings. The van der Waals surface area contributed by atoms with Crippen molar-refractivity contribution >= 4 is 5.91 Å². The number of nitrogens with zero attached hydrogens (tertiary/aromatic N) is 2. The highest BCUT2D eigenvalue weighted by Gasteiger charge is 2.13. The standard InChI is InChI=1S/C19H18N4O2/c1-13-4-2-3-5-14(13)8-11-21-18(24)16-12-17(22-23-19(16)25)15-6-9-20-10-7-15/h2-7,9-10,12H,8,11H2,1H3,(H,21,24)(H,23,25). The van der Waals surface area contributed by atoms with Crippen LogP contribution in [0.5, 0.6) is 0 Å². The molecule has 2 heterocycles. The number of benzene rings is 1. The first-order valence-electron chi connectivity index (χ1n) is 7.98.